The zero-order valence-electron chi connectivity index (χ0n) is 8.95. The Morgan fingerprint density at radius 3 is 2.00 bits per heavy atom. The van der Waals surface area contributed by atoms with Crippen LogP contribution in [0.4, 0.5) is 0 Å². The van der Waals surface area contributed by atoms with Crippen LogP contribution in [0, 0.1) is 0 Å². The second-order valence-corrected chi connectivity index (χ2v) is 3.57. The van der Waals surface area contributed by atoms with E-state index in [9.17, 15) is 10.2 Å². The van der Waals surface area contributed by atoms with Crippen molar-refractivity contribution >= 4 is 0 Å². The van der Waals surface area contributed by atoms with Gasteiger partial charge in [-0.3, -0.25) is 0 Å². The maximum Gasteiger partial charge on any atom is 0.101 e. The smallest absolute Gasteiger partial charge is 0.101 e. The molecule has 0 aromatic heterocycles. The summed E-state index contributed by atoms with van der Waals surface area (Å²) in [4.78, 5) is 0. The van der Waals surface area contributed by atoms with Crippen molar-refractivity contribution in [3.8, 4) is 0 Å². The minimum atomic E-state index is -0.921. The summed E-state index contributed by atoms with van der Waals surface area (Å²) in [6.45, 7) is 5.88. The van der Waals surface area contributed by atoms with Crippen LogP contribution in [0.25, 0.3) is 0 Å². The van der Waals surface area contributed by atoms with Crippen molar-refractivity contribution in [1.29, 1.82) is 0 Å². The lowest BCUT2D eigenvalue weighted by atomic mass is 9.87. The highest BCUT2D eigenvalue weighted by Gasteiger charge is 2.31. The van der Waals surface area contributed by atoms with Gasteiger partial charge in [-0.15, -0.1) is 0 Å². The van der Waals surface area contributed by atoms with Gasteiger partial charge in [0.2, 0.25) is 0 Å². The fraction of sp³-hybridized carbons (Fsp3) is 0.818. The van der Waals surface area contributed by atoms with Gasteiger partial charge in [-0.2, -0.15) is 0 Å². The number of allylic oxidation sites excluding steroid dienone is 1. The van der Waals surface area contributed by atoms with Gasteiger partial charge in [0.1, 0.15) is 6.10 Å². The van der Waals surface area contributed by atoms with E-state index in [1.807, 2.05) is 20.8 Å². The molecule has 2 N–H and O–H groups in total. The molecule has 0 spiro atoms. The lowest BCUT2D eigenvalue weighted by molar-refractivity contribution is -0.0648. The van der Waals surface area contributed by atoms with E-state index in [2.05, 4.69) is 0 Å². The van der Waals surface area contributed by atoms with E-state index in [0.717, 1.165) is 12.8 Å². The van der Waals surface area contributed by atoms with Gasteiger partial charge in [-0.05, 0) is 19.8 Å². The van der Waals surface area contributed by atoms with Crippen LogP contribution >= 0.6 is 0 Å². The van der Waals surface area contributed by atoms with Crippen LogP contribution in [0.3, 0.4) is 0 Å². The Hall–Kier alpha value is -0.340. The molecule has 0 aromatic rings. The quantitative estimate of drug-likeness (QED) is 0.625. The van der Waals surface area contributed by atoms with E-state index in [1.165, 1.54) is 0 Å². The monoisotopic (exact) mass is 186 g/mol. The second kappa shape index (κ2) is 6.17. The predicted octanol–water partition coefficient (Wildman–Crippen LogP) is 2.25. The summed E-state index contributed by atoms with van der Waals surface area (Å²) in [5.41, 5.74) is -0.921. The molecular weight excluding hydrogens is 164 g/mol. The van der Waals surface area contributed by atoms with E-state index in [4.69, 9.17) is 0 Å². The van der Waals surface area contributed by atoms with Gasteiger partial charge in [0, 0.05) is 0 Å². The van der Waals surface area contributed by atoms with E-state index < -0.39 is 11.7 Å². The molecule has 0 fully saturated rings. The SMILES string of the molecule is CC=CC(O)C(O)(CCC)CCC. The fourth-order valence-corrected chi connectivity index (χ4v) is 1.65. The molecule has 0 aliphatic heterocycles. The highest BCUT2D eigenvalue weighted by molar-refractivity contribution is 4.98. The Morgan fingerprint density at radius 1 is 1.23 bits per heavy atom. The molecule has 78 valence electrons. The minimum Gasteiger partial charge on any atom is -0.387 e. The summed E-state index contributed by atoms with van der Waals surface area (Å²) in [5, 5.41) is 19.8. The zero-order valence-corrected chi connectivity index (χ0v) is 8.95. The first kappa shape index (κ1) is 12.7. The van der Waals surface area contributed by atoms with Gasteiger partial charge in [0.25, 0.3) is 0 Å². The predicted molar refractivity (Wildman–Crippen MR) is 55.6 cm³/mol. The lowest BCUT2D eigenvalue weighted by Gasteiger charge is -2.31. The number of aliphatic hydroxyl groups excluding tert-OH is 1. The highest BCUT2D eigenvalue weighted by atomic mass is 16.3. The van der Waals surface area contributed by atoms with Crippen LogP contribution in [0.1, 0.15) is 46.5 Å². The van der Waals surface area contributed by atoms with Crippen LogP contribution in [0.5, 0.6) is 0 Å². The molecule has 0 aliphatic carbocycles. The Kier molecular flexibility index (Phi) is 6.00. The van der Waals surface area contributed by atoms with Crippen molar-refractivity contribution in [1.82, 2.24) is 0 Å². The van der Waals surface area contributed by atoms with Crippen molar-refractivity contribution in [2.45, 2.75) is 58.2 Å². The van der Waals surface area contributed by atoms with Gasteiger partial charge in [0.05, 0.1) is 5.60 Å². The number of aliphatic hydroxyl groups is 2. The van der Waals surface area contributed by atoms with Gasteiger partial charge in [-0.25, -0.2) is 0 Å². The first-order chi connectivity index (χ1) is 6.10. The summed E-state index contributed by atoms with van der Waals surface area (Å²) in [7, 11) is 0. The summed E-state index contributed by atoms with van der Waals surface area (Å²) < 4.78 is 0. The fourth-order valence-electron chi connectivity index (χ4n) is 1.65. The lowest BCUT2D eigenvalue weighted by Crippen LogP contribution is -2.40. The molecule has 13 heavy (non-hydrogen) atoms. The summed E-state index contributed by atoms with van der Waals surface area (Å²) in [5.74, 6) is 0. The molecule has 2 nitrogen and oxygen atoms in total. The molecule has 2 heteroatoms. The molecule has 0 rings (SSSR count). The Labute approximate surface area is 81.3 Å². The minimum absolute atomic E-state index is 0.659. The molecule has 0 saturated carbocycles. The molecule has 0 bridgehead atoms. The molecule has 1 unspecified atom stereocenters. The van der Waals surface area contributed by atoms with E-state index in [-0.39, 0.29) is 0 Å². The van der Waals surface area contributed by atoms with Gasteiger partial charge in [-0.1, -0.05) is 38.8 Å². The van der Waals surface area contributed by atoms with Crippen LogP contribution in [0.15, 0.2) is 12.2 Å². The average Bonchev–Trinajstić information content (AvgIpc) is 2.05. The van der Waals surface area contributed by atoms with E-state index in [0.29, 0.717) is 12.8 Å². The first-order valence-corrected chi connectivity index (χ1v) is 5.14. The van der Waals surface area contributed by atoms with Crippen molar-refractivity contribution in [2.75, 3.05) is 0 Å². The molecule has 0 aromatic carbocycles. The third-order valence-electron chi connectivity index (χ3n) is 2.29. The highest BCUT2D eigenvalue weighted by Crippen LogP contribution is 2.24. The van der Waals surface area contributed by atoms with Crippen LogP contribution < -0.4 is 0 Å². The molecule has 0 saturated heterocycles. The number of rotatable bonds is 6. The van der Waals surface area contributed by atoms with Crippen molar-refractivity contribution in [2.24, 2.45) is 0 Å². The van der Waals surface area contributed by atoms with E-state index in [1.54, 1.807) is 12.2 Å². The van der Waals surface area contributed by atoms with Crippen molar-refractivity contribution < 1.29 is 10.2 Å². The standard InChI is InChI=1S/C11H22O2/c1-4-7-10(12)11(13,8-5-2)9-6-3/h4,7,10,12-13H,5-6,8-9H2,1-3H3. The normalized spacial score (nSPS) is 15.2. The van der Waals surface area contributed by atoms with Crippen LogP contribution in [-0.2, 0) is 0 Å². The molecular formula is C11H22O2. The molecule has 1 atom stereocenters. The van der Waals surface area contributed by atoms with Crippen molar-refractivity contribution in [3.63, 3.8) is 0 Å². The van der Waals surface area contributed by atoms with Gasteiger partial charge in [0.15, 0.2) is 0 Å². The topological polar surface area (TPSA) is 40.5 Å². The Balaban J connectivity index is 4.36. The molecule has 0 aliphatic rings. The van der Waals surface area contributed by atoms with Gasteiger partial charge < -0.3 is 10.2 Å². The molecule has 0 heterocycles. The number of hydrogen-bond acceptors (Lipinski definition) is 2. The Morgan fingerprint density at radius 2 is 1.69 bits per heavy atom. The maximum absolute atomic E-state index is 10.1. The molecule has 0 amide bonds. The largest absolute Gasteiger partial charge is 0.387 e. The Bertz CT molecular complexity index is 146. The summed E-state index contributed by atoms with van der Waals surface area (Å²) in [6.07, 6.45) is 5.82. The van der Waals surface area contributed by atoms with Crippen LogP contribution in [-0.4, -0.2) is 21.9 Å². The molecule has 0 radical (unpaired) electrons. The maximum atomic E-state index is 10.1. The van der Waals surface area contributed by atoms with E-state index >= 15 is 0 Å². The van der Waals surface area contributed by atoms with Crippen LogP contribution in [0.2, 0.25) is 0 Å². The third-order valence-corrected chi connectivity index (χ3v) is 2.29. The summed E-state index contributed by atoms with van der Waals surface area (Å²) >= 11 is 0. The average molecular weight is 186 g/mol. The third kappa shape index (κ3) is 3.92. The summed E-state index contributed by atoms with van der Waals surface area (Å²) in [6, 6.07) is 0. The first-order valence-electron chi connectivity index (χ1n) is 5.14. The second-order valence-electron chi connectivity index (χ2n) is 3.57. The number of hydrogen-bond donors (Lipinski definition) is 2. The van der Waals surface area contributed by atoms with Crippen molar-refractivity contribution in [3.05, 3.63) is 12.2 Å². The van der Waals surface area contributed by atoms with Gasteiger partial charge >= 0.3 is 0 Å². The zero-order chi connectivity index (χ0) is 10.3.